The third kappa shape index (κ3) is 3.62. The Morgan fingerprint density at radius 2 is 2.10 bits per heavy atom. The number of fused-ring (bicyclic) bond motifs is 1. The predicted octanol–water partition coefficient (Wildman–Crippen LogP) is 2.67. The highest BCUT2D eigenvalue weighted by atomic mass is 16.5. The van der Waals surface area contributed by atoms with Crippen LogP contribution in [0.4, 0.5) is 5.82 Å². The SMILES string of the molecule is CCOC(=O)c1cncnc1N1CCC2(CC1)CC(=O)c1ccc(OC)cc1O2. The van der Waals surface area contributed by atoms with Crippen molar-refractivity contribution in [2.24, 2.45) is 0 Å². The van der Waals surface area contributed by atoms with Crippen molar-refractivity contribution in [3.8, 4) is 11.5 Å². The number of piperidine rings is 1. The summed E-state index contributed by atoms with van der Waals surface area (Å²) in [7, 11) is 1.59. The van der Waals surface area contributed by atoms with Crippen LogP contribution in [0.3, 0.4) is 0 Å². The van der Waals surface area contributed by atoms with E-state index < -0.39 is 11.6 Å². The van der Waals surface area contributed by atoms with Gasteiger partial charge in [0.05, 0.1) is 25.7 Å². The van der Waals surface area contributed by atoms with Crippen molar-refractivity contribution in [1.82, 2.24) is 9.97 Å². The van der Waals surface area contributed by atoms with Crippen molar-refractivity contribution in [2.75, 3.05) is 31.7 Å². The summed E-state index contributed by atoms with van der Waals surface area (Å²) in [5.74, 6) is 1.43. The zero-order chi connectivity index (χ0) is 20.4. The van der Waals surface area contributed by atoms with Crippen LogP contribution in [0, 0.1) is 0 Å². The number of esters is 1. The summed E-state index contributed by atoms with van der Waals surface area (Å²) in [4.78, 5) is 35.2. The zero-order valence-corrected chi connectivity index (χ0v) is 16.5. The predicted molar refractivity (Wildman–Crippen MR) is 105 cm³/mol. The van der Waals surface area contributed by atoms with Gasteiger partial charge in [-0.2, -0.15) is 0 Å². The summed E-state index contributed by atoms with van der Waals surface area (Å²) in [6, 6.07) is 5.29. The molecule has 0 N–H and O–H groups in total. The Morgan fingerprint density at radius 1 is 1.31 bits per heavy atom. The second-order valence-electron chi connectivity index (χ2n) is 7.21. The number of hydrogen-bond donors (Lipinski definition) is 0. The number of aromatic nitrogens is 2. The molecule has 3 heterocycles. The molecule has 0 saturated carbocycles. The molecule has 0 atom stereocenters. The topological polar surface area (TPSA) is 90.9 Å². The van der Waals surface area contributed by atoms with Crippen LogP contribution in [0.2, 0.25) is 0 Å². The van der Waals surface area contributed by atoms with E-state index in [2.05, 4.69) is 9.97 Å². The molecule has 2 aliphatic heterocycles. The number of carbonyl (C=O) groups excluding carboxylic acids is 2. The van der Waals surface area contributed by atoms with Crippen LogP contribution >= 0.6 is 0 Å². The molecule has 29 heavy (non-hydrogen) atoms. The van der Waals surface area contributed by atoms with E-state index in [0.29, 0.717) is 60.8 Å². The number of rotatable bonds is 4. The minimum Gasteiger partial charge on any atom is -0.497 e. The lowest BCUT2D eigenvalue weighted by atomic mass is 9.82. The van der Waals surface area contributed by atoms with Crippen LogP contribution in [0.25, 0.3) is 0 Å². The third-order valence-corrected chi connectivity index (χ3v) is 5.46. The van der Waals surface area contributed by atoms with Gasteiger partial charge in [0.1, 0.15) is 34.8 Å². The summed E-state index contributed by atoms with van der Waals surface area (Å²) < 4.78 is 16.7. The van der Waals surface area contributed by atoms with Gasteiger partial charge in [-0.3, -0.25) is 4.79 Å². The molecule has 1 spiro atoms. The number of Topliss-reactive ketones (excluding diaryl/α,β-unsaturated/α-hetero) is 1. The quantitative estimate of drug-likeness (QED) is 0.728. The van der Waals surface area contributed by atoms with Gasteiger partial charge < -0.3 is 19.1 Å². The van der Waals surface area contributed by atoms with E-state index >= 15 is 0 Å². The fraction of sp³-hybridized carbons (Fsp3) is 0.429. The molecule has 2 aliphatic rings. The number of hydrogen-bond acceptors (Lipinski definition) is 8. The monoisotopic (exact) mass is 397 g/mol. The zero-order valence-electron chi connectivity index (χ0n) is 16.5. The van der Waals surface area contributed by atoms with Crippen molar-refractivity contribution < 1.29 is 23.8 Å². The lowest BCUT2D eigenvalue weighted by Gasteiger charge is -2.44. The van der Waals surface area contributed by atoms with Gasteiger partial charge in [-0.25, -0.2) is 14.8 Å². The lowest BCUT2D eigenvalue weighted by molar-refractivity contribution is 0.0229. The average Bonchev–Trinajstić information content (AvgIpc) is 2.74. The number of benzene rings is 1. The molecule has 2 aromatic rings. The van der Waals surface area contributed by atoms with Gasteiger partial charge in [-0.1, -0.05) is 0 Å². The molecule has 4 rings (SSSR count). The summed E-state index contributed by atoms with van der Waals surface area (Å²) in [6.07, 6.45) is 4.53. The standard InChI is InChI=1S/C21H23N3O5/c1-3-28-20(26)16-12-22-13-23-19(16)24-8-6-21(7-9-24)11-17(25)15-5-4-14(27-2)10-18(15)29-21/h4-5,10,12-13H,3,6-9,11H2,1-2H3. The molecule has 152 valence electrons. The summed E-state index contributed by atoms with van der Waals surface area (Å²) in [6.45, 7) is 3.26. The summed E-state index contributed by atoms with van der Waals surface area (Å²) in [5, 5.41) is 0. The van der Waals surface area contributed by atoms with E-state index in [1.165, 1.54) is 12.5 Å². The van der Waals surface area contributed by atoms with Gasteiger partial charge in [0.2, 0.25) is 0 Å². The van der Waals surface area contributed by atoms with Crippen LogP contribution in [-0.4, -0.2) is 54.1 Å². The minimum atomic E-state index is -0.552. The Kier molecular flexibility index (Phi) is 5.08. The number of ether oxygens (including phenoxy) is 3. The first-order valence-electron chi connectivity index (χ1n) is 9.67. The summed E-state index contributed by atoms with van der Waals surface area (Å²) in [5.41, 5.74) is 0.393. The molecule has 1 aromatic heterocycles. The Morgan fingerprint density at radius 3 is 2.83 bits per heavy atom. The van der Waals surface area contributed by atoms with E-state index in [-0.39, 0.29) is 12.4 Å². The second kappa shape index (κ2) is 7.69. The molecule has 1 fully saturated rings. The molecule has 0 radical (unpaired) electrons. The Labute approximate surface area is 168 Å². The minimum absolute atomic E-state index is 0.0802. The molecule has 8 heteroatoms. The average molecular weight is 397 g/mol. The Hall–Kier alpha value is -3.16. The van der Waals surface area contributed by atoms with Gasteiger partial charge >= 0.3 is 5.97 Å². The van der Waals surface area contributed by atoms with Crippen molar-refractivity contribution >= 4 is 17.6 Å². The van der Waals surface area contributed by atoms with E-state index in [1.807, 2.05) is 4.90 Å². The van der Waals surface area contributed by atoms with E-state index in [4.69, 9.17) is 14.2 Å². The Balaban J connectivity index is 1.53. The van der Waals surface area contributed by atoms with Crippen molar-refractivity contribution in [3.05, 3.63) is 41.9 Å². The van der Waals surface area contributed by atoms with E-state index in [9.17, 15) is 9.59 Å². The van der Waals surface area contributed by atoms with Crippen molar-refractivity contribution in [2.45, 2.75) is 31.8 Å². The first-order valence-corrected chi connectivity index (χ1v) is 9.67. The smallest absolute Gasteiger partial charge is 0.343 e. The fourth-order valence-corrected chi connectivity index (χ4v) is 3.93. The largest absolute Gasteiger partial charge is 0.497 e. The lowest BCUT2D eigenvalue weighted by Crippen LogP contribution is -2.51. The highest BCUT2D eigenvalue weighted by Crippen LogP contribution is 2.41. The molecule has 1 aromatic carbocycles. The summed E-state index contributed by atoms with van der Waals surface area (Å²) >= 11 is 0. The number of nitrogens with zero attached hydrogens (tertiary/aromatic N) is 3. The Bertz CT molecular complexity index is 938. The highest BCUT2D eigenvalue weighted by molar-refractivity contribution is 6.00. The van der Waals surface area contributed by atoms with Crippen LogP contribution in [0.5, 0.6) is 11.5 Å². The molecular weight excluding hydrogens is 374 g/mol. The molecule has 0 unspecified atom stereocenters. The molecule has 0 amide bonds. The van der Waals surface area contributed by atoms with Crippen LogP contribution in [0.1, 0.15) is 46.9 Å². The highest BCUT2D eigenvalue weighted by Gasteiger charge is 2.43. The maximum Gasteiger partial charge on any atom is 0.343 e. The van der Waals surface area contributed by atoms with Crippen LogP contribution in [-0.2, 0) is 4.74 Å². The first-order chi connectivity index (χ1) is 14.0. The van der Waals surface area contributed by atoms with Crippen molar-refractivity contribution in [1.29, 1.82) is 0 Å². The van der Waals surface area contributed by atoms with Crippen molar-refractivity contribution in [3.63, 3.8) is 0 Å². The number of anilines is 1. The first kappa shape index (κ1) is 19.2. The van der Waals surface area contributed by atoms with Gasteiger partial charge in [0, 0.05) is 38.2 Å². The maximum absolute atomic E-state index is 12.7. The number of ketones is 1. The molecule has 0 bridgehead atoms. The maximum atomic E-state index is 12.7. The van der Waals surface area contributed by atoms with Gasteiger partial charge in [0.25, 0.3) is 0 Å². The van der Waals surface area contributed by atoms with Gasteiger partial charge in [-0.05, 0) is 19.1 Å². The number of carbonyl (C=O) groups is 2. The molecular formula is C21H23N3O5. The van der Waals surface area contributed by atoms with E-state index in [0.717, 1.165) is 0 Å². The fourth-order valence-electron chi connectivity index (χ4n) is 3.93. The van der Waals surface area contributed by atoms with Crippen LogP contribution < -0.4 is 14.4 Å². The number of methoxy groups -OCH3 is 1. The normalized spacial score (nSPS) is 17.4. The van der Waals surface area contributed by atoms with Crippen LogP contribution in [0.15, 0.2) is 30.7 Å². The van der Waals surface area contributed by atoms with E-state index in [1.54, 1.807) is 32.2 Å². The molecule has 0 aliphatic carbocycles. The van der Waals surface area contributed by atoms with Gasteiger partial charge in [-0.15, -0.1) is 0 Å². The van der Waals surface area contributed by atoms with Gasteiger partial charge in [0.15, 0.2) is 5.78 Å². The molecule has 1 saturated heterocycles. The molecule has 8 nitrogen and oxygen atoms in total. The second-order valence-corrected chi connectivity index (χ2v) is 7.21. The third-order valence-electron chi connectivity index (χ3n) is 5.46.